The summed E-state index contributed by atoms with van der Waals surface area (Å²) >= 11 is 0. The fraction of sp³-hybridized carbons (Fsp3) is 0.364. The molecule has 0 radical (unpaired) electrons. The molecule has 0 aromatic heterocycles. The number of rotatable bonds is 2. The second-order valence-electron chi connectivity index (χ2n) is 3.75. The van der Waals surface area contributed by atoms with E-state index in [0.717, 1.165) is 5.56 Å². The van der Waals surface area contributed by atoms with E-state index in [0.29, 0.717) is 5.69 Å². The van der Waals surface area contributed by atoms with Gasteiger partial charge in [-0.2, -0.15) is 0 Å². The van der Waals surface area contributed by atoms with Gasteiger partial charge in [-0.3, -0.25) is 0 Å². The van der Waals surface area contributed by atoms with Crippen LogP contribution >= 0.6 is 0 Å². The molecule has 0 heterocycles. The van der Waals surface area contributed by atoms with E-state index in [1.54, 1.807) is 19.1 Å². The SMILES string of the molecule is Cc1ccc(NC(=O)NC(C)C)cc1O. The van der Waals surface area contributed by atoms with Crippen LogP contribution in [0.15, 0.2) is 18.2 Å². The van der Waals surface area contributed by atoms with Crippen molar-refractivity contribution in [2.75, 3.05) is 5.32 Å². The lowest BCUT2D eigenvalue weighted by Gasteiger charge is -2.10. The van der Waals surface area contributed by atoms with Gasteiger partial charge in [-0.15, -0.1) is 0 Å². The number of urea groups is 1. The number of aromatic hydroxyl groups is 1. The molecule has 0 saturated heterocycles. The lowest BCUT2D eigenvalue weighted by Crippen LogP contribution is -2.34. The number of hydrogen-bond donors (Lipinski definition) is 3. The van der Waals surface area contributed by atoms with E-state index < -0.39 is 0 Å². The third-order valence-electron chi connectivity index (χ3n) is 1.89. The van der Waals surface area contributed by atoms with E-state index in [9.17, 15) is 9.90 Å². The summed E-state index contributed by atoms with van der Waals surface area (Å²) in [6, 6.07) is 4.84. The van der Waals surface area contributed by atoms with Crippen molar-refractivity contribution in [1.29, 1.82) is 0 Å². The molecule has 0 unspecified atom stereocenters. The molecule has 0 aliphatic rings. The zero-order chi connectivity index (χ0) is 11.4. The molecule has 15 heavy (non-hydrogen) atoms. The summed E-state index contributed by atoms with van der Waals surface area (Å²) < 4.78 is 0. The second kappa shape index (κ2) is 4.68. The van der Waals surface area contributed by atoms with Crippen LogP contribution < -0.4 is 10.6 Å². The fourth-order valence-electron chi connectivity index (χ4n) is 1.12. The van der Waals surface area contributed by atoms with Gasteiger partial charge in [-0.25, -0.2) is 4.79 Å². The molecule has 82 valence electrons. The minimum atomic E-state index is -0.270. The summed E-state index contributed by atoms with van der Waals surface area (Å²) in [5, 5.41) is 14.7. The number of hydrogen-bond acceptors (Lipinski definition) is 2. The van der Waals surface area contributed by atoms with Gasteiger partial charge in [0.2, 0.25) is 0 Å². The van der Waals surface area contributed by atoms with E-state index in [1.165, 1.54) is 6.07 Å². The zero-order valence-corrected chi connectivity index (χ0v) is 9.16. The molecular weight excluding hydrogens is 192 g/mol. The monoisotopic (exact) mass is 208 g/mol. The van der Waals surface area contributed by atoms with Gasteiger partial charge in [0.25, 0.3) is 0 Å². The average molecular weight is 208 g/mol. The van der Waals surface area contributed by atoms with Crippen LogP contribution in [0.25, 0.3) is 0 Å². The highest BCUT2D eigenvalue weighted by molar-refractivity contribution is 5.89. The lowest BCUT2D eigenvalue weighted by atomic mass is 10.2. The Bertz CT molecular complexity index is 362. The minimum Gasteiger partial charge on any atom is -0.508 e. The molecule has 3 N–H and O–H groups in total. The van der Waals surface area contributed by atoms with Gasteiger partial charge in [0.1, 0.15) is 5.75 Å². The van der Waals surface area contributed by atoms with Gasteiger partial charge in [-0.1, -0.05) is 6.07 Å². The predicted octanol–water partition coefficient (Wildman–Crippen LogP) is 2.23. The molecule has 2 amide bonds. The van der Waals surface area contributed by atoms with Crippen LogP contribution in [0.1, 0.15) is 19.4 Å². The van der Waals surface area contributed by atoms with Gasteiger partial charge in [0.15, 0.2) is 0 Å². The topological polar surface area (TPSA) is 61.4 Å². The molecule has 0 spiro atoms. The molecule has 1 aromatic rings. The Labute approximate surface area is 89.3 Å². The van der Waals surface area contributed by atoms with Crippen LogP contribution in [0, 0.1) is 6.92 Å². The van der Waals surface area contributed by atoms with Gasteiger partial charge < -0.3 is 15.7 Å². The van der Waals surface area contributed by atoms with E-state index in [1.807, 2.05) is 13.8 Å². The third kappa shape index (κ3) is 3.50. The first-order valence-electron chi connectivity index (χ1n) is 4.86. The van der Waals surface area contributed by atoms with Gasteiger partial charge in [-0.05, 0) is 32.4 Å². The van der Waals surface area contributed by atoms with Crippen LogP contribution in [0.2, 0.25) is 0 Å². The van der Waals surface area contributed by atoms with Crippen molar-refractivity contribution >= 4 is 11.7 Å². The minimum absolute atomic E-state index is 0.0871. The summed E-state index contributed by atoms with van der Waals surface area (Å²) in [5.74, 6) is 0.178. The first-order chi connectivity index (χ1) is 6.99. The van der Waals surface area contributed by atoms with Crippen LogP contribution in [-0.2, 0) is 0 Å². The summed E-state index contributed by atoms with van der Waals surface area (Å²) in [5.41, 5.74) is 1.36. The van der Waals surface area contributed by atoms with Crippen LogP contribution in [0.3, 0.4) is 0 Å². The van der Waals surface area contributed by atoms with Crippen molar-refractivity contribution in [2.45, 2.75) is 26.8 Å². The zero-order valence-electron chi connectivity index (χ0n) is 9.16. The van der Waals surface area contributed by atoms with Crippen molar-refractivity contribution in [2.24, 2.45) is 0 Å². The molecule has 4 nitrogen and oxygen atoms in total. The Morgan fingerprint density at radius 2 is 2.07 bits per heavy atom. The summed E-state index contributed by atoms with van der Waals surface area (Å²) in [6.45, 7) is 5.56. The summed E-state index contributed by atoms with van der Waals surface area (Å²) in [4.78, 5) is 11.3. The third-order valence-corrected chi connectivity index (χ3v) is 1.89. The van der Waals surface area contributed by atoms with Crippen molar-refractivity contribution in [3.05, 3.63) is 23.8 Å². The number of nitrogens with one attached hydrogen (secondary N) is 2. The maximum atomic E-state index is 11.3. The number of phenols is 1. The molecule has 1 rings (SSSR count). The van der Waals surface area contributed by atoms with Gasteiger partial charge >= 0.3 is 6.03 Å². The second-order valence-corrected chi connectivity index (χ2v) is 3.75. The van der Waals surface area contributed by atoms with E-state index >= 15 is 0 Å². The Hall–Kier alpha value is -1.71. The quantitative estimate of drug-likeness (QED) is 0.698. The molecular formula is C11H16N2O2. The Balaban J connectivity index is 2.65. The van der Waals surface area contributed by atoms with Gasteiger partial charge in [0, 0.05) is 17.8 Å². The van der Waals surface area contributed by atoms with Gasteiger partial charge in [0.05, 0.1) is 0 Å². The molecule has 0 bridgehead atoms. The first kappa shape index (κ1) is 11.4. The number of anilines is 1. The number of phenolic OH excluding ortho intramolecular Hbond substituents is 1. The predicted molar refractivity (Wildman–Crippen MR) is 60.1 cm³/mol. The Kier molecular flexibility index (Phi) is 3.55. The van der Waals surface area contributed by atoms with Crippen LogP contribution in [-0.4, -0.2) is 17.2 Å². The molecule has 1 aromatic carbocycles. The van der Waals surface area contributed by atoms with E-state index in [2.05, 4.69) is 10.6 Å². The first-order valence-corrected chi connectivity index (χ1v) is 4.86. The normalized spacial score (nSPS) is 10.1. The van der Waals surface area contributed by atoms with Crippen molar-refractivity contribution < 1.29 is 9.90 Å². The maximum Gasteiger partial charge on any atom is 0.319 e. The standard InChI is InChI=1S/C11H16N2O2/c1-7(2)12-11(15)13-9-5-4-8(3)10(14)6-9/h4-7,14H,1-3H3,(H2,12,13,15). The smallest absolute Gasteiger partial charge is 0.319 e. The largest absolute Gasteiger partial charge is 0.508 e. The Morgan fingerprint density at radius 3 is 2.60 bits per heavy atom. The molecule has 0 fully saturated rings. The molecule has 0 aliphatic carbocycles. The number of benzene rings is 1. The van der Waals surface area contributed by atoms with Crippen molar-refractivity contribution in [3.63, 3.8) is 0 Å². The summed E-state index contributed by atoms with van der Waals surface area (Å²) in [7, 11) is 0. The van der Waals surface area contributed by atoms with Crippen molar-refractivity contribution in [3.8, 4) is 5.75 Å². The summed E-state index contributed by atoms with van der Waals surface area (Å²) in [6.07, 6.45) is 0. The molecule has 0 aliphatic heterocycles. The number of amides is 2. The van der Waals surface area contributed by atoms with E-state index in [-0.39, 0.29) is 17.8 Å². The van der Waals surface area contributed by atoms with Crippen molar-refractivity contribution in [1.82, 2.24) is 5.32 Å². The van der Waals surface area contributed by atoms with E-state index in [4.69, 9.17) is 0 Å². The lowest BCUT2D eigenvalue weighted by molar-refractivity contribution is 0.250. The Morgan fingerprint density at radius 1 is 1.40 bits per heavy atom. The highest BCUT2D eigenvalue weighted by Gasteiger charge is 2.04. The number of carbonyl (C=O) groups is 1. The maximum absolute atomic E-state index is 11.3. The number of carbonyl (C=O) groups excluding carboxylic acids is 1. The molecule has 0 atom stereocenters. The molecule has 0 saturated carbocycles. The van der Waals surface area contributed by atoms with Crippen LogP contribution in [0.4, 0.5) is 10.5 Å². The molecule has 4 heteroatoms. The average Bonchev–Trinajstić information content (AvgIpc) is 2.10. The van der Waals surface area contributed by atoms with Crippen LogP contribution in [0.5, 0.6) is 5.75 Å². The fourth-order valence-corrected chi connectivity index (χ4v) is 1.12. The highest BCUT2D eigenvalue weighted by Crippen LogP contribution is 2.20. The number of aryl methyl sites for hydroxylation is 1. The highest BCUT2D eigenvalue weighted by atomic mass is 16.3.